The molecule has 5 heteroatoms. The lowest BCUT2D eigenvalue weighted by atomic mass is 10.1. The highest BCUT2D eigenvalue weighted by molar-refractivity contribution is 6.40. The largest absolute Gasteiger partial charge is 0.507 e. The molecule has 0 bridgehead atoms. The van der Waals surface area contributed by atoms with Crippen LogP contribution >= 0.6 is 0 Å². The van der Waals surface area contributed by atoms with Crippen LogP contribution in [0.2, 0.25) is 0 Å². The number of fused-ring (bicyclic) bond motifs is 1. The highest BCUT2D eigenvalue weighted by atomic mass is 16.3. The average Bonchev–Trinajstić information content (AvgIpc) is 2.40. The Morgan fingerprint density at radius 1 is 1.05 bits per heavy atom. The van der Waals surface area contributed by atoms with Gasteiger partial charge < -0.3 is 15.7 Å². The summed E-state index contributed by atoms with van der Waals surface area (Å²) < 4.78 is 0. The van der Waals surface area contributed by atoms with Gasteiger partial charge in [-0.1, -0.05) is 24.3 Å². The molecule has 0 spiro atoms. The van der Waals surface area contributed by atoms with Crippen LogP contribution in [-0.4, -0.2) is 23.5 Å². The first-order valence-electron chi connectivity index (χ1n) is 5.93. The van der Waals surface area contributed by atoms with Crippen LogP contribution in [0.25, 0.3) is 10.8 Å². The standard InChI is InChI=1S/C14H14N2O3/c1-2-15-13(18)14(19)16-11-7-3-6-10-9(11)5-4-8-12(10)17/h3-8,17H,2H2,1H3,(H,15,18)(H,16,19). The van der Waals surface area contributed by atoms with Gasteiger partial charge in [-0.2, -0.15) is 0 Å². The molecule has 0 aliphatic carbocycles. The molecule has 3 N–H and O–H groups in total. The molecule has 2 aromatic rings. The van der Waals surface area contributed by atoms with Crippen molar-refractivity contribution in [1.82, 2.24) is 5.32 Å². The molecule has 0 unspecified atom stereocenters. The topological polar surface area (TPSA) is 78.4 Å². The number of hydrogen-bond acceptors (Lipinski definition) is 3. The Kier molecular flexibility index (Phi) is 3.66. The predicted octanol–water partition coefficient (Wildman–Crippen LogP) is 1.62. The summed E-state index contributed by atoms with van der Waals surface area (Å²) in [6.07, 6.45) is 0. The molecule has 0 saturated heterocycles. The second-order valence-electron chi connectivity index (χ2n) is 3.99. The molecule has 0 aliphatic rings. The van der Waals surface area contributed by atoms with Gasteiger partial charge in [-0.3, -0.25) is 9.59 Å². The first kappa shape index (κ1) is 12.9. The molecule has 0 heterocycles. The van der Waals surface area contributed by atoms with Gasteiger partial charge in [-0.25, -0.2) is 0 Å². The molecule has 0 aromatic heterocycles. The Hall–Kier alpha value is -2.56. The van der Waals surface area contributed by atoms with Gasteiger partial charge in [-0.05, 0) is 19.1 Å². The van der Waals surface area contributed by atoms with Gasteiger partial charge in [0.05, 0.1) is 0 Å². The Morgan fingerprint density at radius 3 is 2.47 bits per heavy atom. The van der Waals surface area contributed by atoms with Crippen molar-refractivity contribution in [3.05, 3.63) is 36.4 Å². The maximum atomic E-state index is 11.6. The average molecular weight is 258 g/mol. The van der Waals surface area contributed by atoms with E-state index < -0.39 is 11.8 Å². The second-order valence-corrected chi connectivity index (χ2v) is 3.99. The smallest absolute Gasteiger partial charge is 0.313 e. The summed E-state index contributed by atoms with van der Waals surface area (Å²) in [5.74, 6) is -1.27. The zero-order chi connectivity index (χ0) is 13.8. The summed E-state index contributed by atoms with van der Waals surface area (Å²) in [5, 5.41) is 16.0. The van der Waals surface area contributed by atoms with Gasteiger partial charge in [0.1, 0.15) is 5.75 Å². The van der Waals surface area contributed by atoms with E-state index in [1.807, 2.05) is 0 Å². The fourth-order valence-corrected chi connectivity index (χ4v) is 1.82. The summed E-state index contributed by atoms with van der Waals surface area (Å²) in [4.78, 5) is 23.0. The van der Waals surface area contributed by atoms with E-state index in [2.05, 4.69) is 10.6 Å². The highest BCUT2D eigenvalue weighted by Crippen LogP contribution is 2.29. The third kappa shape index (κ3) is 2.65. The fraction of sp³-hybridized carbons (Fsp3) is 0.143. The van der Waals surface area contributed by atoms with E-state index in [-0.39, 0.29) is 5.75 Å². The number of benzene rings is 2. The van der Waals surface area contributed by atoms with Crippen LogP contribution in [0.3, 0.4) is 0 Å². The number of carbonyl (C=O) groups excluding carboxylic acids is 2. The molecule has 2 amide bonds. The van der Waals surface area contributed by atoms with Crippen LogP contribution in [0.4, 0.5) is 5.69 Å². The molecule has 0 aliphatic heterocycles. The zero-order valence-corrected chi connectivity index (χ0v) is 10.4. The van der Waals surface area contributed by atoms with Crippen LogP contribution in [0, 0.1) is 0 Å². The Labute approximate surface area is 110 Å². The summed E-state index contributed by atoms with van der Waals surface area (Å²) >= 11 is 0. The number of amides is 2. The monoisotopic (exact) mass is 258 g/mol. The van der Waals surface area contributed by atoms with Crippen molar-refractivity contribution < 1.29 is 14.7 Å². The van der Waals surface area contributed by atoms with Gasteiger partial charge in [0.25, 0.3) is 0 Å². The lowest BCUT2D eigenvalue weighted by Crippen LogP contribution is -2.35. The number of aromatic hydroxyl groups is 1. The van der Waals surface area contributed by atoms with Crippen molar-refractivity contribution in [3.8, 4) is 5.75 Å². The molecule has 0 fully saturated rings. The molecule has 98 valence electrons. The summed E-state index contributed by atoms with van der Waals surface area (Å²) in [5.41, 5.74) is 0.490. The van der Waals surface area contributed by atoms with E-state index in [4.69, 9.17) is 0 Å². The zero-order valence-electron chi connectivity index (χ0n) is 10.4. The number of likely N-dealkylation sites (N-methyl/N-ethyl adjacent to an activating group) is 1. The number of hydrogen-bond donors (Lipinski definition) is 3. The predicted molar refractivity (Wildman–Crippen MR) is 72.9 cm³/mol. The minimum absolute atomic E-state index is 0.131. The van der Waals surface area contributed by atoms with Gasteiger partial charge in [0.15, 0.2) is 0 Å². The van der Waals surface area contributed by atoms with E-state index in [9.17, 15) is 14.7 Å². The number of phenols is 1. The molecular weight excluding hydrogens is 244 g/mol. The van der Waals surface area contributed by atoms with Crippen LogP contribution in [0.1, 0.15) is 6.92 Å². The fourth-order valence-electron chi connectivity index (χ4n) is 1.82. The quantitative estimate of drug-likeness (QED) is 0.716. The SMILES string of the molecule is CCNC(=O)C(=O)Nc1cccc2c(O)cccc12. The Bertz CT molecular complexity index is 638. The molecule has 0 radical (unpaired) electrons. The van der Waals surface area contributed by atoms with Crippen molar-refractivity contribution in [2.24, 2.45) is 0 Å². The lowest BCUT2D eigenvalue weighted by Gasteiger charge is -2.09. The van der Waals surface area contributed by atoms with Crippen LogP contribution in [0.5, 0.6) is 5.75 Å². The van der Waals surface area contributed by atoms with E-state index in [0.29, 0.717) is 23.0 Å². The number of nitrogens with one attached hydrogen (secondary N) is 2. The normalized spacial score (nSPS) is 10.2. The Balaban J connectivity index is 2.34. The van der Waals surface area contributed by atoms with Gasteiger partial charge in [-0.15, -0.1) is 0 Å². The first-order chi connectivity index (χ1) is 9.13. The van der Waals surface area contributed by atoms with Crippen molar-refractivity contribution >= 4 is 28.3 Å². The maximum absolute atomic E-state index is 11.6. The van der Waals surface area contributed by atoms with E-state index in [1.165, 1.54) is 0 Å². The summed E-state index contributed by atoms with van der Waals surface area (Å²) in [7, 11) is 0. The molecule has 0 atom stereocenters. The number of anilines is 1. The lowest BCUT2D eigenvalue weighted by molar-refractivity contribution is -0.136. The molecule has 19 heavy (non-hydrogen) atoms. The minimum atomic E-state index is -0.724. The number of rotatable bonds is 2. The number of phenolic OH excluding ortho intramolecular Hbond substituents is 1. The first-order valence-corrected chi connectivity index (χ1v) is 5.93. The summed E-state index contributed by atoms with van der Waals surface area (Å²) in [6.45, 7) is 2.13. The van der Waals surface area contributed by atoms with Crippen molar-refractivity contribution in [2.75, 3.05) is 11.9 Å². The van der Waals surface area contributed by atoms with Gasteiger partial charge in [0, 0.05) is 23.0 Å². The van der Waals surface area contributed by atoms with E-state index in [1.54, 1.807) is 43.3 Å². The Morgan fingerprint density at radius 2 is 1.74 bits per heavy atom. The van der Waals surface area contributed by atoms with Gasteiger partial charge in [0.2, 0.25) is 0 Å². The third-order valence-electron chi connectivity index (χ3n) is 2.69. The van der Waals surface area contributed by atoms with Crippen LogP contribution in [0.15, 0.2) is 36.4 Å². The summed E-state index contributed by atoms with van der Waals surface area (Å²) in [6, 6.07) is 10.1. The van der Waals surface area contributed by atoms with Crippen LogP contribution in [-0.2, 0) is 9.59 Å². The molecule has 2 aromatic carbocycles. The van der Waals surface area contributed by atoms with E-state index in [0.717, 1.165) is 0 Å². The van der Waals surface area contributed by atoms with E-state index >= 15 is 0 Å². The third-order valence-corrected chi connectivity index (χ3v) is 2.69. The minimum Gasteiger partial charge on any atom is -0.507 e. The highest BCUT2D eigenvalue weighted by Gasteiger charge is 2.14. The van der Waals surface area contributed by atoms with Crippen LogP contribution < -0.4 is 10.6 Å². The molecule has 2 rings (SSSR count). The molecule has 0 saturated carbocycles. The molecular formula is C14H14N2O3. The van der Waals surface area contributed by atoms with Crippen molar-refractivity contribution in [1.29, 1.82) is 0 Å². The van der Waals surface area contributed by atoms with Crippen molar-refractivity contribution in [3.63, 3.8) is 0 Å². The maximum Gasteiger partial charge on any atom is 0.313 e. The van der Waals surface area contributed by atoms with Crippen molar-refractivity contribution in [2.45, 2.75) is 6.92 Å². The second kappa shape index (κ2) is 5.39. The number of carbonyl (C=O) groups is 2. The molecule has 5 nitrogen and oxygen atoms in total. The van der Waals surface area contributed by atoms with Gasteiger partial charge >= 0.3 is 11.8 Å².